The normalized spacial score (nSPS) is 14.3. The number of aromatic nitrogens is 3. The van der Waals surface area contributed by atoms with E-state index in [-0.39, 0.29) is 17.3 Å². The Morgan fingerprint density at radius 1 is 0.818 bits per heavy atom. The molecule has 0 unspecified atom stereocenters. The van der Waals surface area contributed by atoms with E-state index < -0.39 is 0 Å². The number of benzene rings is 3. The van der Waals surface area contributed by atoms with Gasteiger partial charge in [-0.1, -0.05) is 113 Å². The summed E-state index contributed by atoms with van der Waals surface area (Å²) in [7, 11) is 0. The molecule has 1 aliphatic heterocycles. The first kappa shape index (κ1) is 56.3. The highest BCUT2D eigenvalue weighted by Gasteiger charge is 2.37. The number of thiazole rings is 1. The molecular formula is C62H67N7O2S6. The quantitative estimate of drug-likeness (QED) is 0.0135. The van der Waals surface area contributed by atoms with Gasteiger partial charge >= 0.3 is 0 Å². The Labute approximate surface area is 479 Å². The molecule has 2 aliphatic rings. The third-order valence-corrected chi connectivity index (χ3v) is 20.4. The Balaban J connectivity index is 0.883. The highest BCUT2D eigenvalue weighted by Crippen LogP contribution is 2.49. The summed E-state index contributed by atoms with van der Waals surface area (Å²) in [6.07, 6.45) is 19.7. The number of nitriles is 1. The van der Waals surface area contributed by atoms with Gasteiger partial charge in [-0.05, 0) is 106 Å². The zero-order chi connectivity index (χ0) is 53.8. The molecule has 0 saturated heterocycles. The minimum Gasteiger partial charge on any atom is -0.762 e. The number of ketones is 1. The molecule has 398 valence electrons. The fourth-order valence-corrected chi connectivity index (χ4v) is 16.3. The lowest BCUT2D eigenvalue weighted by Crippen LogP contribution is -2.36. The molecule has 0 bridgehead atoms. The van der Waals surface area contributed by atoms with Gasteiger partial charge in [0, 0.05) is 101 Å². The van der Waals surface area contributed by atoms with E-state index in [4.69, 9.17) is 8.75 Å². The number of Topliss-reactive ketones (excluding diaryl/α,β-unsaturated/α-hetero) is 1. The van der Waals surface area contributed by atoms with E-state index in [0.29, 0.717) is 48.4 Å². The maximum atomic E-state index is 14.2. The number of fused-ring (bicyclic) bond motifs is 3. The van der Waals surface area contributed by atoms with Crippen LogP contribution in [0.5, 0.6) is 0 Å². The van der Waals surface area contributed by atoms with Crippen LogP contribution in [0.4, 0.5) is 5.69 Å². The molecule has 1 aliphatic carbocycles. The van der Waals surface area contributed by atoms with Crippen molar-refractivity contribution in [3.63, 3.8) is 0 Å². The average molecular weight is 1130 g/mol. The summed E-state index contributed by atoms with van der Waals surface area (Å²) in [4.78, 5) is 37.4. The lowest BCUT2D eigenvalue weighted by molar-refractivity contribution is -0.669. The van der Waals surface area contributed by atoms with Crippen molar-refractivity contribution in [2.75, 3.05) is 23.7 Å². The molecule has 4 aromatic heterocycles. The number of carbonyl (C=O) groups is 2. The largest absolute Gasteiger partial charge is 0.762 e. The lowest BCUT2D eigenvalue weighted by Gasteiger charge is -2.25. The number of thioether (sulfide) groups is 2. The Hall–Kier alpha value is -5.43. The van der Waals surface area contributed by atoms with E-state index in [1.54, 1.807) is 34.9 Å². The molecule has 0 atom stereocenters. The Morgan fingerprint density at radius 2 is 1.52 bits per heavy atom. The number of allylic oxidation sites excluding steroid dienone is 5. The number of unbranched alkanes of at least 4 members (excludes halogenated alkanes) is 8. The molecule has 1 N–H and O–H groups in total. The van der Waals surface area contributed by atoms with Crippen LogP contribution >= 0.6 is 69.3 Å². The van der Waals surface area contributed by atoms with Crippen molar-refractivity contribution in [3.05, 3.63) is 131 Å². The number of para-hydroxylation sites is 2. The fraction of sp³-hybridized carbons (Fsp3) is 0.387. The van der Waals surface area contributed by atoms with Crippen LogP contribution in [-0.4, -0.2) is 45.1 Å². The summed E-state index contributed by atoms with van der Waals surface area (Å²) in [6, 6.07) is 25.6. The van der Waals surface area contributed by atoms with Crippen LogP contribution in [0, 0.1) is 25.2 Å². The first-order valence-corrected chi connectivity index (χ1v) is 32.4. The summed E-state index contributed by atoms with van der Waals surface area (Å²) in [5, 5.41) is 25.3. The third kappa shape index (κ3) is 12.9. The molecule has 7 aromatic rings. The molecule has 77 heavy (non-hydrogen) atoms. The second kappa shape index (κ2) is 27.0. The first-order valence-electron chi connectivity index (χ1n) is 27.4. The monoisotopic (exact) mass is 1130 g/mol. The van der Waals surface area contributed by atoms with Crippen LogP contribution in [0.15, 0.2) is 110 Å². The number of hydrogen-bond donors (Lipinski definition) is 1. The van der Waals surface area contributed by atoms with Crippen LogP contribution in [0.1, 0.15) is 130 Å². The number of carbonyl (C=O) groups excluding carboxylic acids is 2. The van der Waals surface area contributed by atoms with E-state index in [2.05, 4.69) is 104 Å². The molecule has 1 amide bonds. The summed E-state index contributed by atoms with van der Waals surface area (Å²) in [5.41, 5.74) is 10.3. The van der Waals surface area contributed by atoms with E-state index >= 15 is 0 Å². The second-order valence-corrected chi connectivity index (χ2v) is 26.1. The summed E-state index contributed by atoms with van der Waals surface area (Å²) < 4.78 is 13.2. The maximum absolute atomic E-state index is 14.2. The van der Waals surface area contributed by atoms with Gasteiger partial charge in [0.2, 0.25) is 11.4 Å². The van der Waals surface area contributed by atoms with Gasteiger partial charge in [-0.15, -0.1) is 34.4 Å². The Morgan fingerprint density at radius 3 is 2.26 bits per heavy atom. The first-order chi connectivity index (χ1) is 37.7. The molecule has 0 spiro atoms. The van der Waals surface area contributed by atoms with Crippen LogP contribution < -0.4 is 14.8 Å². The Kier molecular flexibility index (Phi) is 19.7. The van der Waals surface area contributed by atoms with Crippen molar-refractivity contribution < 1.29 is 14.2 Å². The molecule has 9 rings (SSSR count). The van der Waals surface area contributed by atoms with Crippen LogP contribution in [0.25, 0.3) is 53.6 Å². The average Bonchev–Trinajstić information content (AvgIpc) is 4.36. The van der Waals surface area contributed by atoms with Gasteiger partial charge < -0.3 is 15.6 Å². The number of amides is 1. The van der Waals surface area contributed by atoms with Crippen molar-refractivity contribution in [2.24, 2.45) is 0 Å². The predicted octanol–water partition coefficient (Wildman–Crippen LogP) is 16.8. The van der Waals surface area contributed by atoms with Crippen LogP contribution in [0.3, 0.4) is 0 Å². The van der Waals surface area contributed by atoms with Crippen molar-refractivity contribution >= 4 is 120 Å². The second-order valence-electron chi connectivity index (χ2n) is 19.8. The summed E-state index contributed by atoms with van der Waals surface area (Å²) in [6.45, 7) is 13.2. The van der Waals surface area contributed by atoms with Gasteiger partial charge in [0.05, 0.1) is 28.0 Å². The van der Waals surface area contributed by atoms with Gasteiger partial charge in [-0.3, -0.25) is 9.59 Å². The van der Waals surface area contributed by atoms with Crippen molar-refractivity contribution in [1.82, 2.24) is 14.1 Å². The SMILES string of the molecule is CCCCCCc1cc(-c2cc(SCCNC(=O)CCCC[n+]3c(/C=C4/C(=O)C(/C=C5\Sc6ccccc6N5CCCC)=C4C(=C=[N-])C#N)sc4ccccc43)c(-c3cc(CCCCCC)c(C)s3)c3nsnc23)sc1C. The molecule has 0 saturated carbocycles. The number of anilines is 1. The maximum Gasteiger partial charge on any atom is 0.263 e. The van der Waals surface area contributed by atoms with Crippen LogP contribution in [-0.2, 0) is 29.0 Å². The fourth-order valence-electron chi connectivity index (χ4n) is 10.2. The van der Waals surface area contributed by atoms with Gasteiger partial charge in [-0.25, -0.2) is 5.87 Å². The molecule has 0 radical (unpaired) electrons. The molecule has 0 fully saturated rings. The zero-order valence-electron chi connectivity index (χ0n) is 44.9. The number of nitrogens with one attached hydrogen (secondary N) is 1. The number of rotatable bonds is 27. The number of nitrogens with zero attached hydrogens (tertiary/aromatic N) is 6. The van der Waals surface area contributed by atoms with E-state index in [0.717, 1.165) is 91.6 Å². The standard InChI is InChI=1S/C62H67N7O2S6/c1-6-9-12-14-22-42-33-52(73-40(42)4)45-35-53(59(61-60(45)66-77-67-61)54-34-43(41(5)74-54)23-15-13-10-7-2)72-32-29-65-55(70)28-20-21-31-69-49-25-17-19-27-51(49)76-57(69)37-47-58(44(38-63)39-64)46(62(47)71)36-56-68(30-11-8-3)48-24-16-18-26-50(48)75-56/h16-19,24-27,33-37H,6-15,20-23,28-32H2,1-5H3,(H,65,70). The zero-order valence-corrected chi connectivity index (χ0v) is 49.8. The Bertz CT molecular complexity index is 3480. The number of hydrogen-bond acceptors (Lipinski definition) is 12. The summed E-state index contributed by atoms with van der Waals surface area (Å²) in [5.74, 6) is 2.64. The molecule has 3 aromatic carbocycles. The van der Waals surface area contributed by atoms with Crippen LogP contribution in [0.2, 0.25) is 0 Å². The van der Waals surface area contributed by atoms with Crippen molar-refractivity contribution in [3.8, 4) is 27.0 Å². The third-order valence-electron chi connectivity index (χ3n) is 14.4. The van der Waals surface area contributed by atoms with Gasteiger partial charge in [0.15, 0.2) is 12.3 Å². The number of thiophene rings is 2. The minimum atomic E-state index is -0.178. The molecular weight excluding hydrogens is 1070 g/mol. The number of aryl methyl sites for hydroxylation is 5. The van der Waals surface area contributed by atoms with Crippen molar-refractivity contribution in [1.29, 1.82) is 5.26 Å². The van der Waals surface area contributed by atoms with E-state index in [1.807, 2.05) is 59.1 Å². The van der Waals surface area contributed by atoms with Gasteiger partial charge in [-0.2, -0.15) is 18.6 Å². The molecule has 9 nitrogen and oxygen atoms in total. The molecule has 5 heterocycles. The van der Waals surface area contributed by atoms with E-state index in [1.165, 1.54) is 98.6 Å². The van der Waals surface area contributed by atoms with Crippen molar-refractivity contribution in [2.45, 2.75) is 147 Å². The van der Waals surface area contributed by atoms with E-state index in [9.17, 15) is 20.3 Å². The highest BCUT2D eigenvalue weighted by atomic mass is 32.2. The van der Waals surface area contributed by atoms with Gasteiger partial charge in [0.25, 0.3) is 5.01 Å². The lowest BCUT2D eigenvalue weighted by atomic mass is 9.77. The molecule has 15 heteroatoms. The smallest absolute Gasteiger partial charge is 0.263 e. The predicted molar refractivity (Wildman–Crippen MR) is 329 cm³/mol. The topological polar surface area (TPSA) is 125 Å². The van der Waals surface area contributed by atoms with Gasteiger partial charge in [0.1, 0.15) is 21.8 Å². The highest BCUT2D eigenvalue weighted by molar-refractivity contribution is 8.03. The summed E-state index contributed by atoms with van der Waals surface area (Å²) >= 11 is 10.00. The minimum absolute atomic E-state index is 0.0275.